The van der Waals surface area contributed by atoms with Crippen molar-refractivity contribution in [3.8, 4) is 0 Å². The second-order valence-corrected chi connectivity index (χ2v) is 5.75. The number of likely N-dealkylation sites (tertiary alicyclic amines) is 1. The monoisotopic (exact) mass is 319 g/mol. The smallest absolute Gasteiger partial charge is 0.252 e. The Morgan fingerprint density at radius 3 is 3.04 bits per heavy atom. The molecule has 8 heteroatoms. The molecule has 3 rings (SSSR count). The van der Waals surface area contributed by atoms with E-state index in [0.29, 0.717) is 24.8 Å². The number of imidazole rings is 1. The molecule has 1 saturated heterocycles. The van der Waals surface area contributed by atoms with Crippen molar-refractivity contribution in [3.05, 3.63) is 29.9 Å². The first-order chi connectivity index (χ1) is 11.1. The molecule has 1 fully saturated rings. The number of piperidine rings is 1. The standard InChI is InChI=1S/C15H21N5O3/c1-11-17-14(23-18-11)10-22-13-4-3-6-20(8-13)15(21)9-19-7-5-16-12(19)2/h5,7,13H,3-4,6,8-10H2,1-2H3/t13-/m1/s1. The summed E-state index contributed by atoms with van der Waals surface area (Å²) in [7, 11) is 0. The molecule has 1 atom stereocenters. The van der Waals surface area contributed by atoms with Crippen molar-refractivity contribution in [3.63, 3.8) is 0 Å². The first-order valence-corrected chi connectivity index (χ1v) is 7.78. The number of ether oxygens (including phenoxy) is 1. The Bertz CT molecular complexity index is 666. The summed E-state index contributed by atoms with van der Waals surface area (Å²) in [6, 6.07) is 0. The summed E-state index contributed by atoms with van der Waals surface area (Å²) in [5, 5.41) is 3.73. The van der Waals surface area contributed by atoms with Gasteiger partial charge < -0.3 is 18.7 Å². The number of carbonyl (C=O) groups is 1. The van der Waals surface area contributed by atoms with E-state index in [9.17, 15) is 4.79 Å². The Kier molecular flexibility index (Phi) is 4.71. The van der Waals surface area contributed by atoms with Crippen LogP contribution in [-0.4, -0.2) is 49.7 Å². The predicted molar refractivity (Wildman–Crippen MR) is 80.4 cm³/mol. The van der Waals surface area contributed by atoms with E-state index in [4.69, 9.17) is 9.26 Å². The second-order valence-electron chi connectivity index (χ2n) is 5.75. The minimum atomic E-state index is 0.00351. The molecule has 0 spiro atoms. The average Bonchev–Trinajstić information content (AvgIpc) is 3.14. The van der Waals surface area contributed by atoms with E-state index in [2.05, 4.69) is 15.1 Å². The van der Waals surface area contributed by atoms with Gasteiger partial charge in [-0.25, -0.2) is 4.98 Å². The summed E-state index contributed by atoms with van der Waals surface area (Å²) < 4.78 is 12.7. The molecule has 0 unspecified atom stereocenters. The number of aromatic nitrogens is 4. The summed E-state index contributed by atoms with van der Waals surface area (Å²) in [5.74, 6) is 2.00. The van der Waals surface area contributed by atoms with Crippen LogP contribution in [0.4, 0.5) is 0 Å². The fraction of sp³-hybridized carbons (Fsp3) is 0.600. The van der Waals surface area contributed by atoms with Crippen LogP contribution in [0.3, 0.4) is 0 Å². The maximum atomic E-state index is 12.4. The van der Waals surface area contributed by atoms with Crippen LogP contribution in [0.25, 0.3) is 0 Å². The topological polar surface area (TPSA) is 86.3 Å². The Labute approximate surface area is 134 Å². The summed E-state index contributed by atoms with van der Waals surface area (Å²) in [6.45, 7) is 5.63. The van der Waals surface area contributed by atoms with Crippen LogP contribution in [0.5, 0.6) is 0 Å². The molecule has 1 aliphatic rings. The fourth-order valence-corrected chi connectivity index (χ4v) is 2.71. The molecule has 0 bridgehead atoms. The highest BCUT2D eigenvalue weighted by Crippen LogP contribution is 2.15. The Hall–Kier alpha value is -2.22. The molecule has 2 aromatic rings. The van der Waals surface area contributed by atoms with Crippen LogP contribution in [0.2, 0.25) is 0 Å². The molecule has 0 N–H and O–H groups in total. The lowest BCUT2D eigenvalue weighted by molar-refractivity contribution is -0.136. The van der Waals surface area contributed by atoms with E-state index in [0.717, 1.165) is 25.2 Å². The maximum absolute atomic E-state index is 12.4. The van der Waals surface area contributed by atoms with Crippen molar-refractivity contribution >= 4 is 5.91 Å². The Balaban J connectivity index is 1.51. The lowest BCUT2D eigenvalue weighted by atomic mass is 10.1. The van der Waals surface area contributed by atoms with Crippen LogP contribution in [-0.2, 0) is 22.7 Å². The number of hydrogen-bond donors (Lipinski definition) is 0. The summed E-state index contributed by atoms with van der Waals surface area (Å²) >= 11 is 0. The lowest BCUT2D eigenvalue weighted by Gasteiger charge is -2.32. The molecule has 124 valence electrons. The largest absolute Gasteiger partial charge is 0.367 e. The number of rotatable bonds is 5. The van der Waals surface area contributed by atoms with Gasteiger partial charge in [0.05, 0.1) is 6.10 Å². The first kappa shape index (κ1) is 15.7. The molecule has 3 heterocycles. The molecular weight excluding hydrogens is 298 g/mol. The molecule has 0 radical (unpaired) electrons. The normalized spacial score (nSPS) is 18.3. The van der Waals surface area contributed by atoms with Crippen molar-refractivity contribution < 1.29 is 14.1 Å². The Morgan fingerprint density at radius 2 is 2.35 bits per heavy atom. The quantitative estimate of drug-likeness (QED) is 0.820. The summed E-state index contributed by atoms with van der Waals surface area (Å²) in [5.41, 5.74) is 0. The second kappa shape index (κ2) is 6.91. The zero-order valence-corrected chi connectivity index (χ0v) is 13.4. The van der Waals surface area contributed by atoms with Crippen LogP contribution in [0.15, 0.2) is 16.9 Å². The molecular formula is C15H21N5O3. The number of nitrogens with zero attached hydrogens (tertiary/aromatic N) is 5. The van der Waals surface area contributed by atoms with E-state index < -0.39 is 0 Å². The van der Waals surface area contributed by atoms with Crippen LogP contribution < -0.4 is 0 Å². The van der Waals surface area contributed by atoms with Gasteiger partial charge in [0.15, 0.2) is 5.82 Å². The van der Waals surface area contributed by atoms with E-state index >= 15 is 0 Å². The highest BCUT2D eigenvalue weighted by Gasteiger charge is 2.25. The zero-order chi connectivity index (χ0) is 16.2. The van der Waals surface area contributed by atoms with Gasteiger partial charge in [0.25, 0.3) is 5.89 Å². The molecule has 23 heavy (non-hydrogen) atoms. The van der Waals surface area contributed by atoms with Crippen molar-refractivity contribution in [2.45, 2.75) is 45.9 Å². The van der Waals surface area contributed by atoms with Gasteiger partial charge in [-0.2, -0.15) is 4.98 Å². The van der Waals surface area contributed by atoms with Crippen molar-refractivity contribution in [2.24, 2.45) is 0 Å². The number of amides is 1. The lowest BCUT2D eigenvalue weighted by Crippen LogP contribution is -2.44. The highest BCUT2D eigenvalue weighted by atomic mass is 16.5. The summed E-state index contributed by atoms with van der Waals surface area (Å²) in [6.07, 6.45) is 5.40. The van der Waals surface area contributed by atoms with Gasteiger partial charge in [-0.1, -0.05) is 5.16 Å². The number of carbonyl (C=O) groups excluding carboxylic acids is 1. The van der Waals surface area contributed by atoms with Crippen molar-refractivity contribution in [2.75, 3.05) is 13.1 Å². The first-order valence-electron chi connectivity index (χ1n) is 7.78. The molecule has 2 aromatic heterocycles. The third kappa shape index (κ3) is 3.95. The van der Waals surface area contributed by atoms with E-state index in [1.54, 1.807) is 13.1 Å². The van der Waals surface area contributed by atoms with Gasteiger partial charge in [-0.15, -0.1) is 0 Å². The molecule has 0 aromatic carbocycles. The van der Waals surface area contributed by atoms with E-state index in [1.807, 2.05) is 22.6 Å². The summed E-state index contributed by atoms with van der Waals surface area (Å²) in [4.78, 5) is 22.5. The Morgan fingerprint density at radius 1 is 1.48 bits per heavy atom. The average molecular weight is 319 g/mol. The fourth-order valence-electron chi connectivity index (χ4n) is 2.71. The minimum absolute atomic E-state index is 0.00351. The SMILES string of the molecule is Cc1noc(CO[C@@H]2CCCN(C(=O)Cn3ccnc3C)C2)n1. The van der Waals surface area contributed by atoms with Crippen molar-refractivity contribution in [1.29, 1.82) is 0 Å². The van der Waals surface area contributed by atoms with Gasteiger partial charge in [0.1, 0.15) is 19.0 Å². The van der Waals surface area contributed by atoms with Gasteiger partial charge >= 0.3 is 0 Å². The zero-order valence-electron chi connectivity index (χ0n) is 13.4. The van der Waals surface area contributed by atoms with Gasteiger partial charge in [0, 0.05) is 25.5 Å². The molecule has 0 aliphatic carbocycles. The molecule has 0 saturated carbocycles. The molecule has 1 amide bonds. The van der Waals surface area contributed by atoms with Crippen LogP contribution in [0, 0.1) is 13.8 Å². The van der Waals surface area contributed by atoms with Gasteiger partial charge in [0.2, 0.25) is 5.91 Å². The third-order valence-electron chi connectivity index (χ3n) is 3.97. The minimum Gasteiger partial charge on any atom is -0.367 e. The van der Waals surface area contributed by atoms with Gasteiger partial charge in [-0.3, -0.25) is 4.79 Å². The number of hydrogen-bond acceptors (Lipinski definition) is 6. The molecule has 1 aliphatic heterocycles. The maximum Gasteiger partial charge on any atom is 0.252 e. The van der Waals surface area contributed by atoms with Crippen LogP contribution in [0.1, 0.15) is 30.4 Å². The van der Waals surface area contributed by atoms with Crippen LogP contribution >= 0.6 is 0 Å². The predicted octanol–water partition coefficient (Wildman–Crippen LogP) is 1.09. The van der Waals surface area contributed by atoms with E-state index in [-0.39, 0.29) is 18.6 Å². The van der Waals surface area contributed by atoms with Crippen molar-refractivity contribution in [1.82, 2.24) is 24.6 Å². The third-order valence-corrected chi connectivity index (χ3v) is 3.97. The van der Waals surface area contributed by atoms with Gasteiger partial charge in [-0.05, 0) is 26.7 Å². The van der Waals surface area contributed by atoms with E-state index in [1.165, 1.54) is 0 Å². The highest BCUT2D eigenvalue weighted by molar-refractivity contribution is 5.76. The molecule has 8 nitrogen and oxygen atoms in total. The number of aryl methyl sites for hydroxylation is 2.